The van der Waals surface area contributed by atoms with Gasteiger partial charge in [0.2, 0.25) is 11.8 Å². The van der Waals surface area contributed by atoms with E-state index in [0.29, 0.717) is 10.7 Å². The number of para-hydroxylation sites is 1. The van der Waals surface area contributed by atoms with Crippen LogP contribution in [0.25, 0.3) is 0 Å². The molecule has 1 aliphatic rings. The first-order chi connectivity index (χ1) is 10.4. The number of carbonyl (C=O) groups is 3. The van der Waals surface area contributed by atoms with Gasteiger partial charge in [0.25, 0.3) is 0 Å². The minimum absolute atomic E-state index is 0.0466. The van der Waals surface area contributed by atoms with Crippen LogP contribution in [0.5, 0.6) is 0 Å². The van der Waals surface area contributed by atoms with Crippen molar-refractivity contribution in [3.8, 4) is 0 Å². The predicted molar refractivity (Wildman–Crippen MR) is 81.7 cm³/mol. The number of amides is 2. The van der Waals surface area contributed by atoms with Crippen molar-refractivity contribution in [2.75, 3.05) is 18.0 Å². The van der Waals surface area contributed by atoms with Gasteiger partial charge >= 0.3 is 5.97 Å². The third kappa shape index (κ3) is 3.57. The smallest absolute Gasteiger partial charge is 0.308 e. The van der Waals surface area contributed by atoms with Crippen LogP contribution in [0.15, 0.2) is 24.3 Å². The lowest BCUT2D eigenvalue weighted by molar-refractivity contribution is -0.141. The van der Waals surface area contributed by atoms with Crippen molar-refractivity contribution in [2.45, 2.75) is 13.3 Å². The number of rotatable bonds is 5. The molecule has 1 heterocycles. The Balaban J connectivity index is 1.99. The van der Waals surface area contributed by atoms with Gasteiger partial charge < -0.3 is 15.3 Å². The quantitative estimate of drug-likeness (QED) is 0.860. The minimum atomic E-state index is -0.972. The maximum absolute atomic E-state index is 12.1. The van der Waals surface area contributed by atoms with Crippen LogP contribution >= 0.6 is 11.6 Å². The second kappa shape index (κ2) is 6.79. The summed E-state index contributed by atoms with van der Waals surface area (Å²) in [7, 11) is 0. The first-order valence-corrected chi connectivity index (χ1v) is 7.33. The fourth-order valence-corrected chi connectivity index (χ4v) is 2.51. The van der Waals surface area contributed by atoms with Gasteiger partial charge in [-0.1, -0.05) is 30.7 Å². The summed E-state index contributed by atoms with van der Waals surface area (Å²) < 4.78 is 0. The predicted octanol–water partition coefficient (Wildman–Crippen LogP) is 1.53. The van der Waals surface area contributed by atoms with Gasteiger partial charge in [-0.3, -0.25) is 14.4 Å². The van der Waals surface area contributed by atoms with Crippen LogP contribution < -0.4 is 10.2 Å². The molecule has 0 aliphatic carbocycles. The van der Waals surface area contributed by atoms with Gasteiger partial charge in [0.15, 0.2) is 0 Å². The summed E-state index contributed by atoms with van der Waals surface area (Å²) in [5.74, 6) is -2.61. The van der Waals surface area contributed by atoms with E-state index in [-0.39, 0.29) is 31.3 Å². The van der Waals surface area contributed by atoms with E-state index in [9.17, 15) is 14.4 Å². The molecule has 118 valence electrons. The molecule has 1 saturated heterocycles. The molecule has 1 aromatic rings. The van der Waals surface area contributed by atoms with E-state index in [1.807, 2.05) is 0 Å². The zero-order chi connectivity index (χ0) is 16.3. The summed E-state index contributed by atoms with van der Waals surface area (Å²) in [4.78, 5) is 36.4. The van der Waals surface area contributed by atoms with Crippen molar-refractivity contribution in [1.82, 2.24) is 5.32 Å². The molecule has 7 heteroatoms. The maximum Gasteiger partial charge on any atom is 0.308 e. The van der Waals surface area contributed by atoms with Crippen LogP contribution in [0.1, 0.15) is 13.3 Å². The van der Waals surface area contributed by atoms with Crippen LogP contribution in [0.4, 0.5) is 5.69 Å². The molecule has 2 N–H and O–H groups in total. The van der Waals surface area contributed by atoms with E-state index in [0.717, 1.165) is 0 Å². The number of carboxylic acids is 1. The normalized spacial score (nSPS) is 19.1. The Labute approximate surface area is 133 Å². The third-order valence-electron chi connectivity index (χ3n) is 3.64. The number of halogens is 1. The number of aliphatic carboxylic acids is 1. The molecule has 0 bridgehead atoms. The number of hydrogen-bond donors (Lipinski definition) is 2. The number of carboxylic acid groups (broad SMARTS) is 1. The molecular weight excluding hydrogens is 308 g/mol. The van der Waals surface area contributed by atoms with Crippen molar-refractivity contribution >= 4 is 35.1 Å². The van der Waals surface area contributed by atoms with Crippen LogP contribution in [0.2, 0.25) is 5.02 Å². The highest BCUT2D eigenvalue weighted by Gasteiger charge is 2.35. The van der Waals surface area contributed by atoms with Crippen LogP contribution in [-0.4, -0.2) is 36.0 Å². The van der Waals surface area contributed by atoms with Gasteiger partial charge in [0.1, 0.15) is 0 Å². The number of benzene rings is 1. The monoisotopic (exact) mass is 324 g/mol. The summed E-state index contributed by atoms with van der Waals surface area (Å²) in [6.45, 7) is 1.80. The molecule has 22 heavy (non-hydrogen) atoms. The molecule has 6 nitrogen and oxygen atoms in total. The molecule has 1 fully saturated rings. The summed E-state index contributed by atoms with van der Waals surface area (Å²) in [5, 5.41) is 11.8. The van der Waals surface area contributed by atoms with Crippen LogP contribution in [0, 0.1) is 11.8 Å². The topological polar surface area (TPSA) is 86.7 Å². The highest BCUT2D eigenvalue weighted by Crippen LogP contribution is 2.30. The molecule has 2 unspecified atom stereocenters. The number of nitrogens with zero attached hydrogens (tertiary/aromatic N) is 1. The van der Waals surface area contributed by atoms with E-state index < -0.39 is 17.8 Å². The average Bonchev–Trinajstić information content (AvgIpc) is 2.86. The lowest BCUT2D eigenvalue weighted by Gasteiger charge is -2.18. The van der Waals surface area contributed by atoms with Gasteiger partial charge in [-0.05, 0) is 12.1 Å². The highest BCUT2D eigenvalue weighted by atomic mass is 35.5. The molecule has 2 atom stereocenters. The lowest BCUT2D eigenvalue weighted by atomic mass is 10.1. The largest absolute Gasteiger partial charge is 0.481 e. The Bertz CT molecular complexity index is 605. The molecular formula is C15H17ClN2O4. The Kier molecular flexibility index (Phi) is 5.03. The van der Waals surface area contributed by atoms with Crippen molar-refractivity contribution in [1.29, 1.82) is 0 Å². The Morgan fingerprint density at radius 3 is 2.77 bits per heavy atom. The molecule has 2 amide bonds. The third-order valence-corrected chi connectivity index (χ3v) is 3.96. The van der Waals surface area contributed by atoms with E-state index in [4.69, 9.17) is 16.7 Å². The van der Waals surface area contributed by atoms with E-state index in [2.05, 4.69) is 5.32 Å². The lowest BCUT2D eigenvalue weighted by Crippen LogP contribution is -2.37. The van der Waals surface area contributed by atoms with E-state index >= 15 is 0 Å². The van der Waals surface area contributed by atoms with Crippen molar-refractivity contribution in [2.24, 2.45) is 11.8 Å². The van der Waals surface area contributed by atoms with Crippen LogP contribution in [0.3, 0.4) is 0 Å². The molecule has 1 aromatic carbocycles. The van der Waals surface area contributed by atoms with Gasteiger partial charge in [-0.15, -0.1) is 0 Å². The minimum Gasteiger partial charge on any atom is -0.481 e. The molecule has 0 spiro atoms. The standard InChI is InChI=1S/C15H17ClN2O4/c1-9(15(21)22)7-17-14(20)10-6-13(19)18(8-10)12-5-3-2-4-11(12)16/h2-5,9-10H,6-8H2,1H3,(H,17,20)(H,21,22). The molecule has 1 aliphatic heterocycles. The highest BCUT2D eigenvalue weighted by molar-refractivity contribution is 6.33. The summed E-state index contributed by atoms with van der Waals surface area (Å²) in [6, 6.07) is 6.96. The maximum atomic E-state index is 12.1. The van der Waals surface area contributed by atoms with Crippen LogP contribution in [-0.2, 0) is 14.4 Å². The van der Waals surface area contributed by atoms with Gasteiger partial charge in [-0.25, -0.2) is 0 Å². The number of nitrogens with one attached hydrogen (secondary N) is 1. The van der Waals surface area contributed by atoms with Gasteiger partial charge in [-0.2, -0.15) is 0 Å². The Morgan fingerprint density at radius 1 is 1.45 bits per heavy atom. The van der Waals surface area contributed by atoms with E-state index in [1.165, 1.54) is 11.8 Å². The fourth-order valence-electron chi connectivity index (χ4n) is 2.27. The van der Waals surface area contributed by atoms with E-state index in [1.54, 1.807) is 24.3 Å². The molecule has 2 rings (SSSR count). The number of carbonyl (C=O) groups excluding carboxylic acids is 2. The average molecular weight is 325 g/mol. The summed E-state index contributed by atoms with van der Waals surface area (Å²) >= 11 is 6.07. The Morgan fingerprint density at radius 2 is 2.14 bits per heavy atom. The first kappa shape index (κ1) is 16.3. The Hall–Kier alpha value is -2.08. The first-order valence-electron chi connectivity index (χ1n) is 6.95. The van der Waals surface area contributed by atoms with Crippen molar-refractivity contribution < 1.29 is 19.5 Å². The molecule has 0 aromatic heterocycles. The van der Waals surface area contributed by atoms with Gasteiger partial charge in [0.05, 0.1) is 22.5 Å². The number of hydrogen-bond acceptors (Lipinski definition) is 3. The van der Waals surface area contributed by atoms with Gasteiger partial charge in [0, 0.05) is 19.5 Å². The van der Waals surface area contributed by atoms with Crippen molar-refractivity contribution in [3.63, 3.8) is 0 Å². The number of anilines is 1. The zero-order valence-electron chi connectivity index (χ0n) is 12.1. The zero-order valence-corrected chi connectivity index (χ0v) is 12.8. The molecule has 0 saturated carbocycles. The van der Waals surface area contributed by atoms with Crippen molar-refractivity contribution in [3.05, 3.63) is 29.3 Å². The summed E-state index contributed by atoms with van der Waals surface area (Å²) in [5.41, 5.74) is 0.586. The second-order valence-electron chi connectivity index (χ2n) is 5.34. The summed E-state index contributed by atoms with van der Waals surface area (Å²) in [6.07, 6.45) is 0.0957. The second-order valence-corrected chi connectivity index (χ2v) is 5.75. The molecule has 0 radical (unpaired) electrons. The SMILES string of the molecule is CC(CNC(=O)C1CC(=O)N(c2ccccc2Cl)C1)C(=O)O. The fraction of sp³-hybridized carbons (Fsp3) is 0.400.